The molecule has 0 aromatic carbocycles. The molecule has 0 nitrogen and oxygen atoms in total. The average molecular weight is 477 g/mol. The van der Waals surface area contributed by atoms with Crippen LogP contribution < -0.4 is 0 Å². The molecule has 0 radical (unpaired) electrons. The van der Waals surface area contributed by atoms with Crippen LogP contribution in [0.15, 0.2) is 12.2 Å². The maximum atomic E-state index is 2.46. The van der Waals surface area contributed by atoms with Gasteiger partial charge in [0.2, 0.25) is 0 Å². The predicted octanol–water partition coefficient (Wildman–Crippen LogP) is 13.3. The predicted molar refractivity (Wildman–Crippen MR) is 159 cm³/mol. The molecule has 0 saturated carbocycles. The standard InChI is InChI=1S/C34H68/c1-3-5-7-9-11-13-15-17-19-21-23-25-27-29-31-33-34-32-30-28-26-24-22-20-18-16-14-12-10-8-6-4-2/h31,33H,3-30,32,34H2,1-2H3/b33-31+. The average Bonchev–Trinajstić information content (AvgIpc) is 2.85. The molecule has 34 heavy (non-hydrogen) atoms. The second kappa shape index (κ2) is 32.7. The van der Waals surface area contributed by atoms with Crippen molar-refractivity contribution in [2.45, 2.75) is 206 Å². The zero-order valence-electron chi connectivity index (χ0n) is 24.4. The highest BCUT2D eigenvalue weighted by Crippen LogP contribution is 2.15. The fraction of sp³-hybridized carbons (Fsp3) is 0.941. The monoisotopic (exact) mass is 477 g/mol. The molecule has 0 heteroatoms. The maximum Gasteiger partial charge on any atom is -0.0351 e. The van der Waals surface area contributed by atoms with Crippen molar-refractivity contribution in [1.29, 1.82) is 0 Å². The molecule has 0 aromatic heterocycles. The van der Waals surface area contributed by atoms with Crippen LogP contribution in [-0.2, 0) is 0 Å². The molecule has 0 fully saturated rings. The van der Waals surface area contributed by atoms with E-state index in [4.69, 9.17) is 0 Å². The molecule has 0 aromatic rings. The Morgan fingerprint density at radius 1 is 0.235 bits per heavy atom. The fourth-order valence-corrected chi connectivity index (χ4v) is 5.15. The first kappa shape index (κ1) is 33.7. The van der Waals surface area contributed by atoms with Gasteiger partial charge in [0.15, 0.2) is 0 Å². The van der Waals surface area contributed by atoms with Gasteiger partial charge >= 0.3 is 0 Å². The maximum absolute atomic E-state index is 2.46. The van der Waals surface area contributed by atoms with Gasteiger partial charge in [0, 0.05) is 0 Å². The number of rotatable bonds is 30. The summed E-state index contributed by atoms with van der Waals surface area (Å²) in [4.78, 5) is 0. The van der Waals surface area contributed by atoms with Crippen LogP contribution in [0.2, 0.25) is 0 Å². The van der Waals surface area contributed by atoms with Gasteiger partial charge in [-0.05, 0) is 25.7 Å². The summed E-state index contributed by atoms with van der Waals surface area (Å²) in [6.45, 7) is 4.61. The highest BCUT2D eigenvalue weighted by molar-refractivity contribution is 4.81. The largest absolute Gasteiger partial charge is 0.0885 e. The third-order valence-electron chi connectivity index (χ3n) is 7.62. The summed E-state index contributed by atoms with van der Waals surface area (Å²) in [5.74, 6) is 0. The molecule has 0 unspecified atom stereocenters. The van der Waals surface area contributed by atoms with Gasteiger partial charge in [0.05, 0.1) is 0 Å². The van der Waals surface area contributed by atoms with E-state index in [0.29, 0.717) is 0 Å². The minimum atomic E-state index is 1.32. The molecule has 0 aliphatic rings. The van der Waals surface area contributed by atoms with E-state index in [1.165, 1.54) is 193 Å². The van der Waals surface area contributed by atoms with Crippen LogP contribution in [0.4, 0.5) is 0 Å². The van der Waals surface area contributed by atoms with Crippen LogP contribution >= 0.6 is 0 Å². The van der Waals surface area contributed by atoms with Crippen LogP contribution in [0.5, 0.6) is 0 Å². The number of hydrogen-bond acceptors (Lipinski definition) is 0. The van der Waals surface area contributed by atoms with E-state index in [1.54, 1.807) is 0 Å². The molecule has 204 valence electrons. The number of unbranched alkanes of at least 4 members (excludes halogenated alkanes) is 28. The summed E-state index contributed by atoms with van der Waals surface area (Å²) in [6, 6.07) is 0. The normalized spacial score (nSPS) is 11.7. The van der Waals surface area contributed by atoms with Gasteiger partial charge < -0.3 is 0 Å². The molecular weight excluding hydrogens is 408 g/mol. The third kappa shape index (κ3) is 31.7. The van der Waals surface area contributed by atoms with E-state index in [1.807, 2.05) is 0 Å². The number of allylic oxidation sites excluding steroid dienone is 2. The van der Waals surface area contributed by atoms with Crippen molar-refractivity contribution in [2.75, 3.05) is 0 Å². The van der Waals surface area contributed by atoms with Crippen molar-refractivity contribution in [1.82, 2.24) is 0 Å². The van der Waals surface area contributed by atoms with Crippen LogP contribution in [0.1, 0.15) is 206 Å². The molecule has 0 atom stereocenters. The fourth-order valence-electron chi connectivity index (χ4n) is 5.15. The number of hydrogen-bond donors (Lipinski definition) is 0. The van der Waals surface area contributed by atoms with Crippen molar-refractivity contribution >= 4 is 0 Å². The molecule has 0 saturated heterocycles. The van der Waals surface area contributed by atoms with Gasteiger partial charge in [-0.25, -0.2) is 0 Å². The molecule has 0 rings (SSSR count). The second-order valence-electron chi connectivity index (χ2n) is 11.2. The lowest BCUT2D eigenvalue weighted by atomic mass is 10.0. The molecule has 0 bridgehead atoms. The van der Waals surface area contributed by atoms with Crippen molar-refractivity contribution in [3.05, 3.63) is 12.2 Å². The van der Waals surface area contributed by atoms with E-state index in [2.05, 4.69) is 26.0 Å². The Balaban J connectivity index is 3.07. The first-order valence-corrected chi connectivity index (χ1v) is 16.6. The van der Waals surface area contributed by atoms with Crippen LogP contribution in [0.25, 0.3) is 0 Å². The van der Waals surface area contributed by atoms with Gasteiger partial charge in [-0.2, -0.15) is 0 Å². The lowest BCUT2D eigenvalue weighted by Crippen LogP contribution is -1.83. The van der Waals surface area contributed by atoms with Crippen molar-refractivity contribution < 1.29 is 0 Å². The smallest absolute Gasteiger partial charge is 0.0351 e. The van der Waals surface area contributed by atoms with E-state index in [9.17, 15) is 0 Å². The second-order valence-corrected chi connectivity index (χ2v) is 11.2. The van der Waals surface area contributed by atoms with Gasteiger partial charge in [-0.1, -0.05) is 193 Å². The van der Waals surface area contributed by atoms with Crippen LogP contribution in [-0.4, -0.2) is 0 Å². The lowest BCUT2D eigenvalue weighted by molar-refractivity contribution is 0.532. The van der Waals surface area contributed by atoms with Crippen LogP contribution in [0.3, 0.4) is 0 Å². The zero-order chi connectivity index (χ0) is 24.6. The Hall–Kier alpha value is -0.260. The SMILES string of the molecule is CCCCCCCCCCCCCCC/C=C/CCCCCCCCCCCCCCCCC. The summed E-state index contributed by atoms with van der Waals surface area (Å²) in [5, 5.41) is 0. The van der Waals surface area contributed by atoms with E-state index >= 15 is 0 Å². The van der Waals surface area contributed by atoms with E-state index in [-0.39, 0.29) is 0 Å². The molecule has 0 spiro atoms. The molecule has 0 heterocycles. The minimum Gasteiger partial charge on any atom is -0.0885 e. The Morgan fingerprint density at radius 2 is 0.412 bits per heavy atom. The summed E-state index contributed by atoms with van der Waals surface area (Å²) in [7, 11) is 0. The summed E-state index contributed by atoms with van der Waals surface area (Å²) in [5.41, 5.74) is 0. The lowest BCUT2D eigenvalue weighted by Gasteiger charge is -2.03. The van der Waals surface area contributed by atoms with Crippen LogP contribution in [0, 0.1) is 0 Å². The van der Waals surface area contributed by atoms with E-state index < -0.39 is 0 Å². The van der Waals surface area contributed by atoms with Crippen molar-refractivity contribution in [2.24, 2.45) is 0 Å². The van der Waals surface area contributed by atoms with Crippen molar-refractivity contribution in [3.63, 3.8) is 0 Å². The molecule has 0 amide bonds. The van der Waals surface area contributed by atoms with Gasteiger partial charge in [0.1, 0.15) is 0 Å². The Kier molecular flexibility index (Phi) is 32.5. The van der Waals surface area contributed by atoms with Gasteiger partial charge in [0.25, 0.3) is 0 Å². The summed E-state index contributed by atoms with van der Waals surface area (Å²) >= 11 is 0. The summed E-state index contributed by atoms with van der Waals surface area (Å²) < 4.78 is 0. The molecule has 0 N–H and O–H groups in total. The Bertz CT molecular complexity index is 355. The van der Waals surface area contributed by atoms with Gasteiger partial charge in [-0.15, -0.1) is 0 Å². The molecule has 0 aliphatic carbocycles. The first-order valence-electron chi connectivity index (χ1n) is 16.6. The highest BCUT2D eigenvalue weighted by Gasteiger charge is 1.95. The zero-order valence-corrected chi connectivity index (χ0v) is 24.4. The summed E-state index contributed by atoms with van der Waals surface area (Å²) in [6.07, 6.45) is 48.4. The third-order valence-corrected chi connectivity index (χ3v) is 7.62. The van der Waals surface area contributed by atoms with Gasteiger partial charge in [-0.3, -0.25) is 0 Å². The van der Waals surface area contributed by atoms with E-state index in [0.717, 1.165) is 0 Å². The molecule has 0 aliphatic heterocycles. The quantitative estimate of drug-likeness (QED) is 0.0714. The Morgan fingerprint density at radius 3 is 0.618 bits per heavy atom. The topological polar surface area (TPSA) is 0 Å². The highest BCUT2D eigenvalue weighted by atomic mass is 14.0. The Labute approximate surface area is 218 Å². The van der Waals surface area contributed by atoms with Crippen molar-refractivity contribution in [3.8, 4) is 0 Å². The first-order chi connectivity index (χ1) is 16.9. The molecular formula is C34H68. The minimum absolute atomic E-state index is 1.32.